The van der Waals surface area contributed by atoms with E-state index in [1.54, 1.807) is 18.6 Å². The van der Waals surface area contributed by atoms with E-state index in [1.165, 1.54) is 20.5 Å². The monoisotopic (exact) mass is 379 g/mol. The van der Waals surface area contributed by atoms with Crippen LogP contribution in [0.3, 0.4) is 0 Å². The number of hydrogen-bond donors (Lipinski definition) is 0. The summed E-state index contributed by atoms with van der Waals surface area (Å²) in [5.74, 6) is 0.418. The molecule has 1 aliphatic heterocycles. The van der Waals surface area contributed by atoms with Crippen molar-refractivity contribution in [3.05, 3.63) is 32.3 Å². The molecule has 7 nitrogen and oxygen atoms in total. The van der Waals surface area contributed by atoms with Gasteiger partial charge in [-0.05, 0) is 36.6 Å². The second kappa shape index (κ2) is 8.18. The summed E-state index contributed by atoms with van der Waals surface area (Å²) in [6.07, 6.45) is 2.69. The van der Waals surface area contributed by atoms with Gasteiger partial charge in [-0.25, -0.2) is 4.79 Å². The van der Waals surface area contributed by atoms with Crippen LogP contribution in [0.5, 0.6) is 0 Å². The SMILES string of the molecule is COCCCn1c(=O)c2sccc2n(CC(=O)N2CCCC(C)C2)c1=O. The van der Waals surface area contributed by atoms with Crippen LogP contribution in [-0.2, 0) is 22.6 Å². The third-order valence-electron chi connectivity index (χ3n) is 4.87. The Bertz CT molecular complexity index is 898. The first kappa shape index (κ1) is 18.8. The highest BCUT2D eigenvalue weighted by atomic mass is 32.1. The molecule has 8 heteroatoms. The standard InChI is InChI=1S/C18H25N3O4S/c1-13-5-3-7-19(11-13)15(22)12-21-14-6-10-26-16(14)17(23)20(18(21)24)8-4-9-25-2/h6,10,13H,3-5,7-9,11-12H2,1-2H3. The number of nitrogens with zero attached hydrogens (tertiary/aromatic N) is 3. The zero-order valence-corrected chi connectivity index (χ0v) is 16.1. The molecule has 142 valence electrons. The molecule has 0 spiro atoms. The Morgan fingerprint density at radius 2 is 2.15 bits per heavy atom. The van der Waals surface area contributed by atoms with Gasteiger partial charge in [0.05, 0.1) is 5.52 Å². The van der Waals surface area contributed by atoms with Crippen molar-refractivity contribution < 1.29 is 9.53 Å². The van der Waals surface area contributed by atoms with E-state index in [0.29, 0.717) is 29.2 Å². The van der Waals surface area contributed by atoms with Gasteiger partial charge in [-0.3, -0.25) is 18.7 Å². The fraction of sp³-hybridized carbons (Fsp3) is 0.611. The van der Waals surface area contributed by atoms with Gasteiger partial charge in [0.25, 0.3) is 5.56 Å². The molecule has 0 aliphatic carbocycles. The molecule has 0 bridgehead atoms. The number of rotatable bonds is 6. The molecule has 1 amide bonds. The van der Waals surface area contributed by atoms with Gasteiger partial charge in [0.15, 0.2) is 0 Å². The average molecular weight is 379 g/mol. The molecule has 0 radical (unpaired) electrons. The summed E-state index contributed by atoms with van der Waals surface area (Å²) in [5, 5.41) is 1.79. The number of carbonyl (C=O) groups excluding carboxylic acids is 1. The van der Waals surface area contributed by atoms with E-state index in [2.05, 4.69) is 6.92 Å². The zero-order chi connectivity index (χ0) is 18.7. The number of thiophene rings is 1. The molecule has 0 N–H and O–H groups in total. The number of fused-ring (bicyclic) bond motifs is 1. The summed E-state index contributed by atoms with van der Waals surface area (Å²) >= 11 is 1.30. The smallest absolute Gasteiger partial charge is 0.332 e. The highest BCUT2D eigenvalue weighted by molar-refractivity contribution is 7.17. The summed E-state index contributed by atoms with van der Waals surface area (Å²) in [7, 11) is 1.59. The normalized spacial score (nSPS) is 17.8. The van der Waals surface area contributed by atoms with Crippen molar-refractivity contribution in [3.8, 4) is 0 Å². The summed E-state index contributed by atoms with van der Waals surface area (Å²) < 4.78 is 8.21. The van der Waals surface area contributed by atoms with E-state index in [-0.39, 0.29) is 24.6 Å². The first-order chi connectivity index (χ1) is 12.5. The van der Waals surface area contributed by atoms with Crippen LogP contribution in [-0.4, -0.2) is 46.7 Å². The van der Waals surface area contributed by atoms with Crippen LogP contribution in [0.25, 0.3) is 10.2 Å². The quantitative estimate of drug-likeness (QED) is 0.714. The topological polar surface area (TPSA) is 73.5 Å². The van der Waals surface area contributed by atoms with Crippen molar-refractivity contribution in [1.29, 1.82) is 0 Å². The van der Waals surface area contributed by atoms with Crippen molar-refractivity contribution in [1.82, 2.24) is 14.0 Å². The largest absolute Gasteiger partial charge is 0.385 e. The van der Waals surface area contributed by atoms with Crippen molar-refractivity contribution >= 4 is 27.5 Å². The van der Waals surface area contributed by atoms with Crippen LogP contribution in [0.4, 0.5) is 0 Å². The lowest BCUT2D eigenvalue weighted by atomic mass is 10.0. The molecule has 3 heterocycles. The molecule has 3 rings (SSSR count). The number of ether oxygens (including phenoxy) is 1. The van der Waals surface area contributed by atoms with Crippen molar-refractivity contribution in [2.75, 3.05) is 26.8 Å². The molecular formula is C18H25N3O4S. The lowest BCUT2D eigenvalue weighted by Crippen LogP contribution is -2.45. The summed E-state index contributed by atoms with van der Waals surface area (Å²) in [4.78, 5) is 40.1. The Kier molecular flexibility index (Phi) is 5.93. The van der Waals surface area contributed by atoms with Crippen molar-refractivity contribution in [2.45, 2.75) is 39.3 Å². The Hall–Kier alpha value is -1.93. The van der Waals surface area contributed by atoms with Crippen LogP contribution in [0, 0.1) is 5.92 Å². The summed E-state index contributed by atoms with van der Waals surface area (Å²) in [5.41, 5.74) is -0.159. The van der Waals surface area contributed by atoms with Crippen molar-refractivity contribution in [2.24, 2.45) is 5.92 Å². The highest BCUT2D eigenvalue weighted by Gasteiger charge is 2.23. The molecule has 0 aromatic carbocycles. The van der Waals surface area contributed by atoms with Crippen LogP contribution in [0.15, 0.2) is 21.0 Å². The van der Waals surface area contributed by atoms with Gasteiger partial charge in [-0.2, -0.15) is 0 Å². The minimum atomic E-state index is -0.421. The maximum atomic E-state index is 12.9. The molecular weight excluding hydrogens is 354 g/mol. The number of likely N-dealkylation sites (tertiary alicyclic amines) is 1. The summed E-state index contributed by atoms with van der Waals surface area (Å²) in [6.45, 7) is 4.33. The first-order valence-corrected chi connectivity index (χ1v) is 9.88. The Morgan fingerprint density at radius 1 is 1.35 bits per heavy atom. The first-order valence-electron chi connectivity index (χ1n) is 9.00. The van der Waals surface area contributed by atoms with E-state index in [4.69, 9.17) is 4.74 Å². The molecule has 1 saturated heterocycles. The number of amides is 1. The third-order valence-corrected chi connectivity index (χ3v) is 5.76. The maximum Gasteiger partial charge on any atom is 0.332 e. The number of aromatic nitrogens is 2. The third kappa shape index (κ3) is 3.76. The van der Waals surface area contributed by atoms with E-state index in [1.807, 2.05) is 4.90 Å². The highest BCUT2D eigenvalue weighted by Crippen LogP contribution is 2.18. The summed E-state index contributed by atoms with van der Waals surface area (Å²) in [6, 6.07) is 1.74. The number of methoxy groups -OCH3 is 1. The van der Waals surface area contributed by atoms with Crippen molar-refractivity contribution in [3.63, 3.8) is 0 Å². The lowest BCUT2D eigenvalue weighted by Gasteiger charge is -2.31. The molecule has 1 fully saturated rings. The average Bonchev–Trinajstić information content (AvgIpc) is 3.11. The molecule has 2 aromatic heterocycles. The van der Waals surface area contributed by atoms with Gasteiger partial charge in [-0.1, -0.05) is 6.92 Å². The van der Waals surface area contributed by atoms with Gasteiger partial charge in [0.1, 0.15) is 11.2 Å². The van der Waals surface area contributed by atoms with E-state index in [0.717, 1.165) is 25.9 Å². The minimum Gasteiger partial charge on any atom is -0.385 e. The minimum absolute atomic E-state index is 0.0245. The predicted molar refractivity (Wildman–Crippen MR) is 102 cm³/mol. The van der Waals surface area contributed by atoms with Crippen LogP contribution in [0.1, 0.15) is 26.2 Å². The molecule has 2 aromatic rings. The lowest BCUT2D eigenvalue weighted by molar-refractivity contribution is -0.133. The van der Waals surface area contributed by atoms with Crippen LogP contribution in [0.2, 0.25) is 0 Å². The van der Waals surface area contributed by atoms with Gasteiger partial charge in [-0.15, -0.1) is 11.3 Å². The molecule has 1 unspecified atom stereocenters. The number of piperidine rings is 1. The van der Waals surface area contributed by atoms with Crippen LogP contribution < -0.4 is 11.2 Å². The van der Waals surface area contributed by atoms with Gasteiger partial charge in [0, 0.05) is 33.4 Å². The van der Waals surface area contributed by atoms with Gasteiger partial charge >= 0.3 is 5.69 Å². The second-order valence-corrected chi connectivity index (χ2v) is 7.81. The van der Waals surface area contributed by atoms with E-state index < -0.39 is 5.69 Å². The van der Waals surface area contributed by atoms with E-state index >= 15 is 0 Å². The number of carbonyl (C=O) groups is 1. The van der Waals surface area contributed by atoms with Gasteiger partial charge < -0.3 is 9.64 Å². The molecule has 1 atom stereocenters. The molecule has 26 heavy (non-hydrogen) atoms. The van der Waals surface area contributed by atoms with Gasteiger partial charge in [0.2, 0.25) is 5.91 Å². The van der Waals surface area contributed by atoms with E-state index in [9.17, 15) is 14.4 Å². The Morgan fingerprint density at radius 3 is 2.88 bits per heavy atom. The zero-order valence-electron chi connectivity index (χ0n) is 15.3. The predicted octanol–water partition coefficient (Wildman–Crippen LogP) is 1.52. The number of hydrogen-bond acceptors (Lipinski definition) is 5. The second-order valence-electron chi connectivity index (χ2n) is 6.89. The fourth-order valence-corrected chi connectivity index (χ4v) is 4.34. The molecule has 0 saturated carbocycles. The fourth-order valence-electron chi connectivity index (χ4n) is 3.50. The van der Waals surface area contributed by atoms with Crippen LogP contribution >= 0.6 is 11.3 Å². The maximum absolute atomic E-state index is 12.9. The Balaban J connectivity index is 1.94. The molecule has 1 aliphatic rings. The Labute approximate surface area is 155 Å².